The van der Waals surface area contributed by atoms with Crippen molar-refractivity contribution in [1.29, 1.82) is 0 Å². The smallest absolute Gasteiger partial charge is 0.308 e. The molecule has 1 N–H and O–H groups in total. The van der Waals surface area contributed by atoms with E-state index in [4.69, 9.17) is 14.2 Å². The van der Waals surface area contributed by atoms with Crippen LogP contribution in [0.5, 0.6) is 17.2 Å². The Morgan fingerprint density at radius 1 is 1.14 bits per heavy atom. The first-order chi connectivity index (χ1) is 16.7. The zero-order valence-electron chi connectivity index (χ0n) is 20.3. The molecular formula is C25H31NO7S2. The fourth-order valence-corrected chi connectivity index (χ4v) is 7.05. The highest BCUT2D eigenvalue weighted by molar-refractivity contribution is 8.00. The van der Waals surface area contributed by atoms with Gasteiger partial charge in [0.05, 0.1) is 38.2 Å². The summed E-state index contributed by atoms with van der Waals surface area (Å²) in [7, 11) is 0.465. The summed E-state index contributed by atoms with van der Waals surface area (Å²) in [6.07, 6.45) is 2.01. The molecule has 0 aliphatic carbocycles. The molecule has 3 rings (SSSR count). The minimum atomic E-state index is -4.01. The number of thioether (sulfide) groups is 1. The lowest BCUT2D eigenvalue weighted by Gasteiger charge is -2.42. The number of carboxylic acids is 1. The maximum Gasteiger partial charge on any atom is 0.308 e. The van der Waals surface area contributed by atoms with E-state index in [1.54, 1.807) is 42.5 Å². The molecule has 0 amide bonds. The Morgan fingerprint density at radius 2 is 1.74 bits per heavy atom. The number of methoxy groups -OCH3 is 3. The van der Waals surface area contributed by atoms with Gasteiger partial charge in [0.15, 0.2) is 11.5 Å². The number of rotatable bonds is 10. The van der Waals surface area contributed by atoms with Gasteiger partial charge < -0.3 is 19.3 Å². The summed E-state index contributed by atoms with van der Waals surface area (Å²) in [4.78, 5) is 12.3. The van der Waals surface area contributed by atoms with Crippen LogP contribution < -0.4 is 14.2 Å². The van der Waals surface area contributed by atoms with Gasteiger partial charge in [-0.3, -0.25) is 4.79 Å². The molecule has 0 radical (unpaired) electrons. The average molecular weight is 522 g/mol. The van der Waals surface area contributed by atoms with Gasteiger partial charge in [0.1, 0.15) is 0 Å². The van der Waals surface area contributed by atoms with Crippen molar-refractivity contribution in [2.24, 2.45) is 5.92 Å². The minimum Gasteiger partial charge on any atom is -0.493 e. The number of piperidine rings is 1. The van der Waals surface area contributed by atoms with E-state index in [1.807, 2.05) is 6.92 Å². The molecule has 0 unspecified atom stereocenters. The van der Waals surface area contributed by atoms with E-state index in [9.17, 15) is 18.3 Å². The summed E-state index contributed by atoms with van der Waals surface area (Å²) >= 11 is 1.46. The summed E-state index contributed by atoms with van der Waals surface area (Å²) < 4.78 is 45.4. The number of hydrogen-bond donors (Lipinski definition) is 1. The summed E-state index contributed by atoms with van der Waals surface area (Å²) in [5.74, 6) is -0.169. The second-order valence-corrected chi connectivity index (χ2v) is 11.4. The van der Waals surface area contributed by atoms with Crippen LogP contribution in [0.3, 0.4) is 0 Å². The SMILES string of the molecule is C=CCS[C@@H]1C[C@@H](c2cc(OC)c(OC)c(OC)c2)N(S(=O)(=O)c2ccc(C)cc2)C[C@H]1C(=O)O. The van der Waals surface area contributed by atoms with E-state index in [0.717, 1.165) is 5.56 Å². The van der Waals surface area contributed by atoms with E-state index in [-0.39, 0.29) is 16.7 Å². The second-order valence-electron chi connectivity index (χ2n) is 8.20. The van der Waals surface area contributed by atoms with Crippen LogP contribution in [0.2, 0.25) is 0 Å². The van der Waals surface area contributed by atoms with E-state index in [0.29, 0.717) is 35.0 Å². The molecule has 2 aromatic carbocycles. The number of aryl methyl sites for hydroxylation is 1. The first-order valence-electron chi connectivity index (χ1n) is 11.0. The normalized spacial score (nSPS) is 20.7. The van der Waals surface area contributed by atoms with Gasteiger partial charge in [-0.15, -0.1) is 6.58 Å². The third-order valence-corrected chi connectivity index (χ3v) is 9.34. The molecular weight excluding hydrogens is 490 g/mol. The standard InChI is InChI=1S/C25H31NO7S2/c1-6-11-34-23-14-20(17-12-21(31-3)24(33-5)22(13-17)32-4)26(15-19(23)25(27)28)35(29,30)18-9-7-16(2)8-10-18/h6-10,12-13,19-20,23H,1,11,14-15H2,2-5H3,(H,27,28)/t19-,20+,23-/m1/s1. The number of hydrogen-bond acceptors (Lipinski definition) is 7. The van der Waals surface area contributed by atoms with Crippen molar-refractivity contribution in [3.8, 4) is 17.2 Å². The zero-order chi connectivity index (χ0) is 25.8. The van der Waals surface area contributed by atoms with Gasteiger partial charge in [-0.05, 0) is 43.2 Å². The summed E-state index contributed by atoms with van der Waals surface area (Å²) in [6, 6.07) is 9.34. The zero-order valence-corrected chi connectivity index (χ0v) is 21.9. The number of aliphatic carboxylic acids is 1. The first kappa shape index (κ1) is 26.9. The molecule has 1 fully saturated rings. The molecule has 2 aromatic rings. The molecule has 190 valence electrons. The molecule has 1 aliphatic heterocycles. The van der Waals surface area contributed by atoms with Crippen molar-refractivity contribution in [2.75, 3.05) is 33.6 Å². The van der Waals surface area contributed by atoms with Gasteiger partial charge in [-0.1, -0.05) is 23.8 Å². The van der Waals surface area contributed by atoms with Gasteiger partial charge in [0.25, 0.3) is 0 Å². The van der Waals surface area contributed by atoms with Crippen molar-refractivity contribution >= 4 is 27.8 Å². The number of carbonyl (C=O) groups is 1. The van der Waals surface area contributed by atoms with Crippen molar-refractivity contribution in [1.82, 2.24) is 4.31 Å². The molecule has 1 aliphatic rings. The van der Waals surface area contributed by atoms with Crippen LogP contribution in [-0.4, -0.2) is 62.7 Å². The van der Waals surface area contributed by atoms with Crippen LogP contribution >= 0.6 is 11.8 Å². The lowest BCUT2D eigenvalue weighted by atomic mass is 9.90. The molecule has 10 heteroatoms. The van der Waals surface area contributed by atoms with Crippen LogP contribution in [-0.2, 0) is 14.8 Å². The predicted octanol–water partition coefficient (Wildman–Crippen LogP) is 4.15. The molecule has 0 spiro atoms. The quantitative estimate of drug-likeness (QED) is 0.466. The van der Waals surface area contributed by atoms with E-state index < -0.39 is 28.0 Å². The van der Waals surface area contributed by atoms with Crippen LogP contribution in [0.1, 0.15) is 23.6 Å². The Morgan fingerprint density at radius 3 is 2.23 bits per heavy atom. The van der Waals surface area contributed by atoms with E-state index in [1.165, 1.54) is 37.4 Å². The van der Waals surface area contributed by atoms with Crippen LogP contribution in [0, 0.1) is 12.8 Å². The Bertz CT molecular complexity index is 1140. The predicted molar refractivity (Wildman–Crippen MR) is 136 cm³/mol. The fraction of sp³-hybridized carbons (Fsp3) is 0.400. The number of benzene rings is 2. The number of sulfonamides is 1. The second kappa shape index (κ2) is 11.4. The van der Waals surface area contributed by atoms with Crippen LogP contribution in [0.15, 0.2) is 53.9 Å². The average Bonchev–Trinajstić information content (AvgIpc) is 2.85. The lowest BCUT2D eigenvalue weighted by molar-refractivity contribution is -0.143. The third-order valence-electron chi connectivity index (χ3n) is 6.07. The molecule has 3 atom stereocenters. The van der Waals surface area contributed by atoms with Gasteiger partial charge in [0, 0.05) is 17.5 Å². The fourth-order valence-electron chi connectivity index (χ4n) is 4.26. The number of ether oxygens (including phenoxy) is 3. The van der Waals surface area contributed by atoms with Crippen LogP contribution in [0.25, 0.3) is 0 Å². The molecule has 0 aromatic heterocycles. The highest BCUT2D eigenvalue weighted by Gasteiger charge is 2.45. The molecule has 0 saturated carbocycles. The molecule has 35 heavy (non-hydrogen) atoms. The van der Waals surface area contributed by atoms with Crippen molar-refractivity contribution < 1.29 is 32.5 Å². The van der Waals surface area contributed by atoms with Crippen LogP contribution in [0.4, 0.5) is 0 Å². The molecule has 8 nitrogen and oxygen atoms in total. The molecule has 0 bridgehead atoms. The van der Waals surface area contributed by atoms with Crippen molar-refractivity contribution in [3.05, 3.63) is 60.2 Å². The number of nitrogens with zero attached hydrogens (tertiary/aromatic N) is 1. The van der Waals surface area contributed by atoms with Gasteiger partial charge >= 0.3 is 5.97 Å². The topological polar surface area (TPSA) is 102 Å². The highest BCUT2D eigenvalue weighted by atomic mass is 32.2. The Balaban J connectivity index is 2.17. The Labute approximate surface area is 210 Å². The summed E-state index contributed by atoms with van der Waals surface area (Å²) in [6.45, 7) is 5.44. The summed E-state index contributed by atoms with van der Waals surface area (Å²) in [5.41, 5.74) is 1.55. The number of carboxylic acid groups (broad SMARTS) is 1. The van der Waals surface area contributed by atoms with Gasteiger partial charge in [0.2, 0.25) is 15.8 Å². The van der Waals surface area contributed by atoms with E-state index in [2.05, 4.69) is 6.58 Å². The van der Waals surface area contributed by atoms with Gasteiger partial charge in [-0.25, -0.2) is 8.42 Å². The lowest BCUT2D eigenvalue weighted by Crippen LogP contribution is -2.49. The van der Waals surface area contributed by atoms with Crippen molar-refractivity contribution in [3.63, 3.8) is 0 Å². The minimum absolute atomic E-state index is 0.113. The first-order valence-corrected chi connectivity index (χ1v) is 13.5. The van der Waals surface area contributed by atoms with Gasteiger partial charge in [-0.2, -0.15) is 16.1 Å². The maximum absolute atomic E-state index is 13.8. The third kappa shape index (κ3) is 5.60. The molecule has 1 saturated heterocycles. The summed E-state index contributed by atoms with van der Waals surface area (Å²) in [5, 5.41) is 9.65. The monoisotopic (exact) mass is 521 g/mol. The Hall–Kier alpha value is -2.69. The largest absolute Gasteiger partial charge is 0.493 e. The maximum atomic E-state index is 13.8. The Kier molecular flexibility index (Phi) is 8.74. The van der Waals surface area contributed by atoms with E-state index >= 15 is 0 Å². The molecule has 1 heterocycles. The highest BCUT2D eigenvalue weighted by Crippen LogP contribution is 2.46. The van der Waals surface area contributed by atoms with Crippen molar-refractivity contribution in [2.45, 2.75) is 29.5 Å².